The maximum absolute atomic E-state index is 12.7. The number of rotatable bonds is 6. The van der Waals surface area contributed by atoms with Gasteiger partial charge in [0.2, 0.25) is 15.9 Å². The SMILES string of the molecule is CC(=O)Nc1cc(C)c(S(=O)(=O)NCCn2nc(C)c(C)c2C)cc1C. The molecule has 1 aromatic heterocycles. The molecule has 1 aromatic carbocycles. The lowest BCUT2D eigenvalue weighted by molar-refractivity contribution is -0.114. The Kier molecular flexibility index (Phi) is 5.87. The quantitative estimate of drug-likeness (QED) is 0.807. The molecular weight excluding hydrogens is 352 g/mol. The van der Waals surface area contributed by atoms with E-state index in [1.54, 1.807) is 26.0 Å². The zero-order valence-electron chi connectivity index (χ0n) is 16.1. The van der Waals surface area contributed by atoms with Crippen LogP contribution in [0.3, 0.4) is 0 Å². The Balaban J connectivity index is 2.15. The first-order valence-electron chi connectivity index (χ1n) is 8.42. The van der Waals surface area contributed by atoms with Crippen LogP contribution in [0.5, 0.6) is 0 Å². The molecular formula is C18H26N4O3S. The Hall–Kier alpha value is -2.19. The van der Waals surface area contributed by atoms with Gasteiger partial charge >= 0.3 is 0 Å². The smallest absolute Gasteiger partial charge is 0.240 e. The first kappa shape index (κ1) is 20.1. The predicted octanol–water partition coefficient (Wildman–Crippen LogP) is 2.36. The molecule has 0 aliphatic heterocycles. The minimum atomic E-state index is -3.65. The molecule has 2 rings (SSSR count). The highest BCUT2D eigenvalue weighted by molar-refractivity contribution is 7.89. The van der Waals surface area contributed by atoms with Crippen LogP contribution < -0.4 is 10.0 Å². The molecule has 0 unspecified atom stereocenters. The summed E-state index contributed by atoms with van der Waals surface area (Å²) >= 11 is 0. The summed E-state index contributed by atoms with van der Waals surface area (Å²) in [4.78, 5) is 11.5. The number of amides is 1. The number of aromatic nitrogens is 2. The predicted molar refractivity (Wildman–Crippen MR) is 102 cm³/mol. The molecule has 0 atom stereocenters. The Labute approximate surface area is 154 Å². The fourth-order valence-corrected chi connectivity index (χ4v) is 4.10. The molecule has 2 aromatic rings. The third-order valence-corrected chi connectivity index (χ3v) is 6.08. The van der Waals surface area contributed by atoms with Crippen molar-refractivity contribution in [3.05, 3.63) is 40.2 Å². The fourth-order valence-electron chi connectivity index (χ4n) is 2.77. The number of sulfonamides is 1. The number of carbonyl (C=O) groups is 1. The summed E-state index contributed by atoms with van der Waals surface area (Å²) in [5.41, 5.74) is 4.99. The number of hydrogen-bond acceptors (Lipinski definition) is 4. The van der Waals surface area contributed by atoms with E-state index in [2.05, 4.69) is 15.1 Å². The number of aryl methyl sites for hydroxylation is 3. The number of carbonyl (C=O) groups excluding carboxylic acids is 1. The van der Waals surface area contributed by atoms with E-state index in [1.165, 1.54) is 6.92 Å². The Morgan fingerprint density at radius 2 is 1.77 bits per heavy atom. The van der Waals surface area contributed by atoms with Crippen LogP contribution in [0.1, 0.15) is 35.0 Å². The van der Waals surface area contributed by atoms with Crippen molar-refractivity contribution in [2.75, 3.05) is 11.9 Å². The molecule has 2 N–H and O–H groups in total. The highest BCUT2D eigenvalue weighted by atomic mass is 32.2. The van der Waals surface area contributed by atoms with Gasteiger partial charge in [0.25, 0.3) is 0 Å². The van der Waals surface area contributed by atoms with Gasteiger partial charge in [0, 0.05) is 24.8 Å². The normalized spacial score (nSPS) is 11.6. The molecule has 0 spiro atoms. The van der Waals surface area contributed by atoms with Crippen molar-refractivity contribution in [2.45, 2.75) is 53.0 Å². The average molecular weight is 378 g/mol. The van der Waals surface area contributed by atoms with Gasteiger partial charge in [-0.05, 0) is 63.4 Å². The number of nitrogens with zero attached hydrogens (tertiary/aromatic N) is 2. The van der Waals surface area contributed by atoms with E-state index in [1.807, 2.05) is 25.5 Å². The summed E-state index contributed by atoms with van der Waals surface area (Å²) in [6, 6.07) is 3.26. The monoisotopic (exact) mass is 378 g/mol. The van der Waals surface area contributed by atoms with E-state index in [9.17, 15) is 13.2 Å². The molecule has 0 fully saturated rings. The van der Waals surface area contributed by atoms with Crippen molar-refractivity contribution < 1.29 is 13.2 Å². The lowest BCUT2D eigenvalue weighted by Gasteiger charge is -2.14. The zero-order chi connectivity index (χ0) is 19.6. The lowest BCUT2D eigenvalue weighted by Crippen LogP contribution is -2.28. The summed E-state index contributed by atoms with van der Waals surface area (Å²) in [7, 11) is -3.65. The third-order valence-electron chi connectivity index (χ3n) is 4.48. The fraction of sp³-hybridized carbons (Fsp3) is 0.444. The molecule has 0 bridgehead atoms. The van der Waals surface area contributed by atoms with Gasteiger partial charge in [0.1, 0.15) is 0 Å². The highest BCUT2D eigenvalue weighted by Crippen LogP contribution is 2.24. The van der Waals surface area contributed by atoms with E-state index in [0.29, 0.717) is 23.4 Å². The van der Waals surface area contributed by atoms with Crippen LogP contribution in [-0.2, 0) is 21.4 Å². The van der Waals surface area contributed by atoms with Crippen LogP contribution in [0.2, 0.25) is 0 Å². The molecule has 142 valence electrons. The molecule has 0 aliphatic rings. The Morgan fingerprint density at radius 3 is 2.31 bits per heavy atom. The Morgan fingerprint density at radius 1 is 1.12 bits per heavy atom. The largest absolute Gasteiger partial charge is 0.326 e. The van der Waals surface area contributed by atoms with Gasteiger partial charge in [-0.1, -0.05) is 0 Å². The molecule has 1 amide bonds. The molecule has 0 saturated heterocycles. The van der Waals surface area contributed by atoms with Crippen LogP contribution in [0.15, 0.2) is 17.0 Å². The maximum Gasteiger partial charge on any atom is 0.240 e. The van der Waals surface area contributed by atoms with E-state index >= 15 is 0 Å². The third kappa shape index (κ3) is 4.31. The second-order valence-corrected chi connectivity index (χ2v) is 8.27. The van der Waals surface area contributed by atoms with Gasteiger partial charge in [-0.3, -0.25) is 9.48 Å². The summed E-state index contributed by atoms with van der Waals surface area (Å²) in [5.74, 6) is -0.193. The van der Waals surface area contributed by atoms with E-state index in [4.69, 9.17) is 0 Å². The molecule has 0 radical (unpaired) electrons. The van der Waals surface area contributed by atoms with Crippen LogP contribution in [0, 0.1) is 34.6 Å². The minimum absolute atomic E-state index is 0.193. The molecule has 7 nitrogen and oxygen atoms in total. The summed E-state index contributed by atoms with van der Waals surface area (Å²) < 4.78 is 29.8. The second-order valence-electron chi connectivity index (χ2n) is 6.53. The second kappa shape index (κ2) is 7.59. The van der Waals surface area contributed by atoms with Crippen molar-refractivity contribution in [1.82, 2.24) is 14.5 Å². The lowest BCUT2D eigenvalue weighted by atomic mass is 10.1. The molecule has 0 saturated carbocycles. The molecule has 0 aliphatic carbocycles. The van der Waals surface area contributed by atoms with Crippen molar-refractivity contribution in [2.24, 2.45) is 0 Å². The minimum Gasteiger partial charge on any atom is -0.326 e. The Bertz CT molecular complexity index is 946. The van der Waals surface area contributed by atoms with Gasteiger partial charge in [-0.15, -0.1) is 0 Å². The highest BCUT2D eigenvalue weighted by Gasteiger charge is 2.19. The first-order valence-corrected chi connectivity index (χ1v) is 9.90. The summed E-state index contributed by atoms with van der Waals surface area (Å²) in [6.45, 7) is 11.5. The summed E-state index contributed by atoms with van der Waals surface area (Å²) in [6.07, 6.45) is 0. The number of anilines is 1. The maximum atomic E-state index is 12.7. The topological polar surface area (TPSA) is 93.1 Å². The van der Waals surface area contributed by atoms with E-state index in [0.717, 1.165) is 17.0 Å². The van der Waals surface area contributed by atoms with Crippen molar-refractivity contribution in [3.63, 3.8) is 0 Å². The average Bonchev–Trinajstić information content (AvgIpc) is 2.77. The summed E-state index contributed by atoms with van der Waals surface area (Å²) in [5, 5.41) is 7.12. The van der Waals surface area contributed by atoms with Gasteiger partial charge in [0.15, 0.2) is 0 Å². The molecule has 1 heterocycles. The zero-order valence-corrected chi connectivity index (χ0v) is 16.9. The van der Waals surface area contributed by atoms with Crippen LogP contribution in [0.4, 0.5) is 5.69 Å². The number of hydrogen-bond donors (Lipinski definition) is 2. The molecule has 26 heavy (non-hydrogen) atoms. The molecule has 8 heteroatoms. The van der Waals surface area contributed by atoms with Gasteiger partial charge < -0.3 is 5.32 Å². The first-order chi connectivity index (χ1) is 12.0. The van der Waals surface area contributed by atoms with Crippen LogP contribution in [0.25, 0.3) is 0 Å². The van der Waals surface area contributed by atoms with Gasteiger partial charge in [0.05, 0.1) is 17.1 Å². The van der Waals surface area contributed by atoms with Gasteiger partial charge in [-0.25, -0.2) is 13.1 Å². The van der Waals surface area contributed by atoms with Crippen LogP contribution >= 0.6 is 0 Å². The number of nitrogens with one attached hydrogen (secondary N) is 2. The van der Waals surface area contributed by atoms with E-state index in [-0.39, 0.29) is 17.3 Å². The van der Waals surface area contributed by atoms with Crippen LogP contribution in [-0.4, -0.2) is 30.7 Å². The number of benzene rings is 1. The van der Waals surface area contributed by atoms with Gasteiger partial charge in [-0.2, -0.15) is 5.10 Å². The standard InChI is InChI=1S/C18H26N4O3S/c1-11-10-18(12(2)9-17(11)20-16(6)23)26(24,25)19-7-8-22-15(5)13(3)14(4)21-22/h9-10,19H,7-8H2,1-6H3,(H,20,23). The van der Waals surface area contributed by atoms with Crippen molar-refractivity contribution >= 4 is 21.6 Å². The van der Waals surface area contributed by atoms with Crippen molar-refractivity contribution in [3.8, 4) is 0 Å². The van der Waals surface area contributed by atoms with E-state index < -0.39 is 10.0 Å². The van der Waals surface area contributed by atoms with Crippen molar-refractivity contribution in [1.29, 1.82) is 0 Å².